The third kappa shape index (κ3) is 3.05. The number of hydrogen-bond donors (Lipinski definition) is 0. The zero-order valence-electron chi connectivity index (χ0n) is 14.2. The smallest absolute Gasteiger partial charge is 0.261 e. The number of unbranched alkanes of at least 4 members (excludes halogenated alkanes) is 2. The number of rotatable bonds is 6. The molecule has 0 aliphatic carbocycles. The maximum Gasteiger partial charge on any atom is 0.261 e. The lowest BCUT2D eigenvalue weighted by Gasteiger charge is -2.13. The van der Waals surface area contributed by atoms with E-state index in [1.807, 2.05) is 29.1 Å². The first kappa shape index (κ1) is 17.0. The Hall–Kier alpha value is -2.47. The van der Waals surface area contributed by atoms with E-state index in [4.69, 9.17) is 0 Å². The van der Waals surface area contributed by atoms with Crippen molar-refractivity contribution in [1.29, 1.82) is 0 Å². The highest BCUT2D eigenvalue weighted by Crippen LogP contribution is 2.24. The van der Waals surface area contributed by atoms with Gasteiger partial charge in [0.2, 0.25) is 0 Å². The summed E-state index contributed by atoms with van der Waals surface area (Å²) in [5.41, 5.74) is 2.02. The van der Waals surface area contributed by atoms with Gasteiger partial charge in [0, 0.05) is 29.1 Å². The Bertz CT molecular complexity index is 961. The number of amides is 2. The molecule has 4 rings (SSSR count). The van der Waals surface area contributed by atoms with Crippen LogP contribution in [0.3, 0.4) is 0 Å². The summed E-state index contributed by atoms with van der Waals surface area (Å²) in [5, 5.41) is 5.68. The molecule has 2 heterocycles. The number of nitrogens with zero attached hydrogens (tertiary/aromatic N) is 3. The molecule has 0 atom stereocenters. The van der Waals surface area contributed by atoms with Crippen LogP contribution in [0.5, 0.6) is 0 Å². The lowest BCUT2D eigenvalue weighted by Crippen LogP contribution is -2.30. The number of aryl methyl sites for hydroxylation is 1. The number of carbonyl (C=O) groups excluding carboxylic acids is 2. The molecular formula is C20H18BrN3O2. The number of halogens is 1. The SMILES string of the molecule is O=C1c2ccccc2C(=O)N1CCCCCn1cc2c(Br)cccc2n1. The van der Waals surface area contributed by atoms with E-state index in [0.717, 1.165) is 41.2 Å². The average molecular weight is 412 g/mol. The van der Waals surface area contributed by atoms with Crippen LogP contribution < -0.4 is 0 Å². The Kier molecular flexibility index (Phi) is 4.59. The minimum absolute atomic E-state index is 0.172. The topological polar surface area (TPSA) is 55.2 Å². The van der Waals surface area contributed by atoms with Crippen LogP contribution in [0.15, 0.2) is 53.1 Å². The van der Waals surface area contributed by atoms with Gasteiger partial charge in [-0.15, -0.1) is 0 Å². The van der Waals surface area contributed by atoms with E-state index in [1.54, 1.807) is 24.3 Å². The molecule has 0 N–H and O–H groups in total. The molecule has 0 unspecified atom stereocenters. The molecule has 5 nitrogen and oxygen atoms in total. The first-order valence-electron chi connectivity index (χ1n) is 8.72. The molecule has 0 saturated carbocycles. The lowest BCUT2D eigenvalue weighted by molar-refractivity contribution is 0.0651. The van der Waals surface area contributed by atoms with E-state index in [-0.39, 0.29) is 11.8 Å². The van der Waals surface area contributed by atoms with Crippen molar-refractivity contribution in [3.8, 4) is 0 Å². The predicted octanol–water partition coefficient (Wildman–Crippen LogP) is 4.27. The molecule has 0 bridgehead atoms. The zero-order chi connectivity index (χ0) is 18.1. The van der Waals surface area contributed by atoms with E-state index in [1.165, 1.54) is 4.90 Å². The number of hydrogen-bond acceptors (Lipinski definition) is 3. The molecular weight excluding hydrogens is 394 g/mol. The normalized spacial score (nSPS) is 13.7. The summed E-state index contributed by atoms with van der Waals surface area (Å²) in [4.78, 5) is 26.0. The largest absolute Gasteiger partial charge is 0.274 e. The minimum atomic E-state index is -0.172. The van der Waals surface area contributed by atoms with Gasteiger partial charge in [0.1, 0.15) is 0 Å². The maximum absolute atomic E-state index is 12.3. The van der Waals surface area contributed by atoms with Gasteiger partial charge in [-0.05, 0) is 43.5 Å². The fourth-order valence-electron chi connectivity index (χ4n) is 3.33. The molecule has 0 radical (unpaired) electrons. The average Bonchev–Trinajstić information content (AvgIpc) is 3.17. The molecule has 2 amide bonds. The summed E-state index contributed by atoms with van der Waals surface area (Å²) in [6, 6.07) is 13.0. The summed E-state index contributed by atoms with van der Waals surface area (Å²) in [6.45, 7) is 1.29. The molecule has 2 aromatic carbocycles. The van der Waals surface area contributed by atoms with Crippen molar-refractivity contribution in [1.82, 2.24) is 14.7 Å². The molecule has 0 saturated heterocycles. The summed E-state index contributed by atoms with van der Waals surface area (Å²) in [6.07, 6.45) is 4.74. The quantitative estimate of drug-likeness (QED) is 0.449. The van der Waals surface area contributed by atoms with Gasteiger partial charge < -0.3 is 0 Å². The van der Waals surface area contributed by atoms with Crippen LogP contribution in [0.2, 0.25) is 0 Å². The van der Waals surface area contributed by atoms with Gasteiger partial charge in [-0.2, -0.15) is 5.10 Å². The number of benzene rings is 2. The van der Waals surface area contributed by atoms with Gasteiger partial charge in [-0.25, -0.2) is 0 Å². The summed E-state index contributed by atoms with van der Waals surface area (Å²) >= 11 is 3.54. The summed E-state index contributed by atoms with van der Waals surface area (Å²) in [5.74, 6) is -0.345. The molecule has 0 fully saturated rings. The van der Waals surface area contributed by atoms with E-state index < -0.39 is 0 Å². The Balaban J connectivity index is 1.29. The van der Waals surface area contributed by atoms with Gasteiger partial charge in [0.05, 0.1) is 16.6 Å². The molecule has 1 aromatic heterocycles. The van der Waals surface area contributed by atoms with Crippen LogP contribution in [0, 0.1) is 0 Å². The molecule has 26 heavy (non-hydrogen) atoms. The molecule has 132 valence electrons. The lowest BCUT2D eigenvalue weighted by atomic mass is 10.1. The van der Waals surface area contributed by atoms with Crippen molar-refractivity contribution in [3.05, 3.63) is 64.3 Å². The second kappa shape index (κ2) is 7.03. The van der Waals surface area contributed by atoms with Crippen molar-refractivity contribution in [2.75, 3.05) is 6.54 Å². The first-order valence-corrected chi connectivity index (χ1v) is 9.51. The van der Waals surface area contributed by atoms with Crippen LogP contribution in [0.4, 0.5) is 0 Å². The Morgan fingerprint density at radius 1 is 0.846 bits per heavy atom. The van der Waals surface area contributed by atoms with E-state index in [0.29, 0.717) is 17.7 Å². The first-order chi connectivity index (χ1) is 12.6. The van der Waals surface area contributed by atoms with Crippen molar-refractivity contribution >= 4 is 38.6 Å². The van der Waals surface area contributed by atoms with E-state index >= 15 is 0 Å². The Morgan fingerprint density at radius 3 is 2.23 bits per heavy atom. The second-order valence-corrected chi connectivity index (χ2v) is 7.29. The fraction of sp³-hybridized carbons (Fsp3) is 0.250. The molecule has 1 aliphatic heterocycles. The van der Waals surface area contributed by atoms with Crippen LogP contribution in [0.25, 0.3) is 10.9 Å². The van der Waals surface area contributed by atoms with E-state index in [9.17, 15) is 9.59 Å². The number of aromatic nitrogens is 2. The fourth-order valence-corrected chi connectivity index (χ4v) is 3.79. The zero-order valence-corrected chi connectivity index (χ0v) is 15.8. The molecule has 1 aliphatic rings. The van der Waals surface area contributed by atoms with Gasteiger partial charge in [-0.3, -0.25) is 19.2 Å². The third-order valence-corrected chi connectivity index (χ3v) is 5.38. The second-order valence-electron chi connectivity index (χ2n) is 6.43. The van der Waals surface area contributed by atoms with Gasteiger partial charge >= 0.3 is 0 Å². The summed E-state index contributed by atoms with van der Waals surface area (Å²) < 4.78 is 3.00. The van der Waals surface area contributed by atoms with Crippen molar-refractivity contribution < 1.29 is 9.59 Å². The van der Waals surface area contributed by atoms with E-state index in [2.05, 4.69) is 21.0 Å². The maximum atomic E-state index is 12.3. The Labute approximate surface area is 159 Å². The van der Waals surface area contributed by atoms with Crippen molar-refractivity contribution in [2.24, 2.45) is 0 Å². The minimum Gasteiger partial charge on any atom is -0.274 e. The number of fused-ring (bicyclic) bond motifs is 2. The van der Waals surface area contributed by atoms with Crippen molar-refractivity contribution in [3.63, 3.8) is 0 Å². The van der Waals surface area contributed by atoms with Gasteiger partial charge in [0.25, 0.3) is 11.8 Å². The molecule has 0 spiro atoms. The van der Waals surface area contributed by atoms with Gasteiger partial charge in [-0.1, -0.05) is 34.1 Å². The molecule has 3 aromatic rings. The van der Waals surface area contributed by atoms with Crippen LogP contribution in [0.1, 0.15) is 40.0 Å². The summed E-state index contributed by atoms with van der Waals surface area (Å²) in [7, 11) is 0. The van der Waals surface area contributed by atoms with Crippen LogP contribution in [-0.4, -0.2) is 33.0 Å². The predicted molar refractivity (Wildman–Crippen MR) is 103 cm³/mol. The van der Waals surface area contributed by atoms with Crippen molar-refractivity contribution in [2.45, 2.75) is 25.8 Å². The van der Waals surface area contributed by atoms with Crippen LogP contribution >= 0.6 is 15.9 Å². The highest BCUT2D eigenvalue weighted by atomic mass is 79.9. The third-order valence-electron chi connectivity index (χ3n) is 4.69. The van der Waals surface area contributed by atoms with Crippen LogP contribution in [-0.2, 0) is 6.54 Å². The molecule has 6 heteroatoms. The highest BCUT2D eigenvalue weighted by molar-refractivity contribution is 9.10. The Morgan fingerprint density at radius 2 is 1.54 bits per heavy atom. The number of imide groups is 1. The monoisotopic (exact) mass is 411 g/mol. The standard InChI is InChI=1S/C20H18BrN3O2/c21-17-9-6-10-18-16(17)13-23(22-18)11-4-1-5-12-24-19(25)14-7-2-3-8-15(14)20(24)26/h2-3,6-10,13H,1,4-5,11-12H2. The number of carbonyl (C=O) groups is 2. The van der Waals surface area contributed by atoms with Gasteiger partial charge in [0.15, 0.2) is 0 Å². The highest BCUT2D eigenvalue weighted by Gasteiger charge is 2.34.